The molecule has 72 valence electrons. The number of hydrogen-bond acceptors (Lipinski definition) is 1. The minimum Gasteiger partial charge on any atom is -0.317 e. The quantitative estimate of drug-likeness (QED) is 0.645. The normalized spacial score (nSPS) is 12.9. The van der Waals surface area contributed by atoms with Crippen LogP contribution in [0.4, 0.5) is 13.2 Å². The molecule has 0 saturated heterocycles. The van der Waals surface area contributed by atoms with E-state index in [0.717, 1.165) is 5.92 Å². The van der Waals surface area contributed by atoms with E-state index in [4.69, 9.17) is 5.73 Å². The van der Waals surface area contributed by atoms with Gasteiger partial charge in [-0.2, -0.15) is 13.2 Å². The van der Waals surface area contributed by atoms with Crippen molar-refractivity contribution in [2.75, 3.05) is 0 Å². The predicted octanol–water partition coefficient (Wildman–Crippen LogP) is 1.96. The van der Waals surface area contributed by atoms with E-state index in [-0.39, 0.29) is 18.3 Å². The average Bonchev–Trinajstić information content (AvgIpc) is 1.80. The Kier molecular flexibility index (Phi) is 6.22. The Bertz CT molecular complexity index is 177. The van der Waals surface area contributed by atoms with E-state index in [0.29, 0.717) is 0 Å². The fourth-order valence-electron chi connectivity index (χ4n) is 0.332. The van der Waals surface area contributed by atoms with E-state index in [9.17, 15) is 13.2 Å². The summed E-state index contributed by atoms with van der Waals surface area (Å²) in [6.07, 6.45) is -4.42. The fraction of sp³-hybridized carbons (Fsp3) is 0.714. The first-order chi connectivity index (χ1) is 4.83. The van der Waals surface area contributed by atoms with Crippen LogP contribution in [0.1, 0.15) is 13.8 Å². The summed E-state index contributed by atoms with van der Waals surface area (Å²) in [5.41, 5.74) is 5.25. The Morgan fingerprint density at radius 1 is 1.25 bits per heavy atom. The molecule has 0 saturated carbocycles. The lowest BCUT2D eigenvalue weighted by Gasteiger charge is -2.06. The van der Waals surface area contributed by atoms with Crippen LogP contribution in [-0.4, -0.2) is 12.2 Å². The second kappa shape index (κ2) is 5.28. The molecule has 0 amide bonds. The number of halogens is 4. The first-order valence-corrected chi connectivity index (χ1v) is 3.18. The van der Waals surface area contributed by atoms with Gasteiger partial charge in [0.1, 0.15) is 0 Å². The molecule has 0 aromatic carbocycles. The standard InChI is InChI=1S/C7H10F3N.ClH/c1-5(2)6(11)3-4-7(8,9)10;/h5-6H,11H2,1-2H3;1H/t6-;/m1./s1. The number of rotatable bonds is 1. The molecule has 0 aromatic rings. The van der Waals surface area contributed by atoms with Gasteiger partial charge in [-0.25, -0.2) is 0 Å². The van der Waals surface area contributed by atoms with Crippen molar-refractivity contribution in [3.05, 3.63) is 0 Å². The maximum Gasteiger partial charge on any atom is 0.457 e. The SMILES string of the molecule is CC(C)[C@H](N)C#CC(F)(F)F.Cl. The number of alkyl halides is 3. The van der Waals surface area contributed by atoms with E-state index < -0.39 is 12.2 Å². The number of nitrogens with two attached hydrogens (primary N) is 1. The molecule has 2 N–H and O–H groups in total. The molecule has 0 aliphatic heterocycles. The molecule has 0 rings (SSSR count). The summed E-state index contributed by atoms with van der Waals surface area (Å²) in [7, 11) is 0. The largest absolute Gasteiger partial charge is 0.457 e. The fourth-order valence-corrected chi connectivity index (χ4v) is 0.332. The van der Waals surface area contributed by atoms with Crippen molar-refractivity contribution in [1.29, 1.82) is 0 Å². The molecule has 0 bridgehead atoms. The van der Waals surface area contributed by atoms with Gasteiger partial charge in [0, 0.05) is 5.92 Å². The molecule has 0 spiro atoms. The molecule has 12 heavy (non-hydrogen) atoms. The van der Waals surface area contributed by atoms with E-state index >= 15 is 0 Å². The highest BCUT2D eigenvalue weighted by atomic mass is 35.5. The Morgan fingerprint density at radius 2 is 1.67 bits per heavy atom. The van der Waals surface area contributed by atoms with E-state index in [1.165, 1.54) is 0 Å². The summed E-state index contributed by atoms with van der Waals surface area (Å²) in [5.74, 6) is 3.00. The van der Waals surface area contributed by atoms with Crippen LogP contribution in [0.3, 0.4) is 0 Å². The third-order valence-corrected chi connectivity index (χ3v) is 1.10. The Labute approximate surface area is 75.9 Å². The van der Waals surface area contributed by atoms with Gasteiger partial charge in [0.25, 0.3) is 0 Å². The van der Waals surface area contributed by atoms with Crippen LogP contribution < -0.4 is 5.73 Å². The van der Waals surface area contributed by atoms with E-state index in [1.54, 1.807) is 13.8 Å². The highest BCUT2D eigenvalue weighted by Crippen LogP contribution is 2.12. The third kappa shape index (κ3) is 7.70. The highest BCUT2D eigenvalue weighted by molar-refractivity contribution is 5.85. The van der Waals surface area contributed by atoms with Gasteiger partial charge in [0.05, 0.1) is 6.04 Å². The maximum absolute atomic E-state index is 11.5. The van der Waals surface area contributed by atoms with Crippen molar-refractivity contribution < 1.29 is 13.2 Å². The molecule has 1 atom stereocenters. The highest BCUT2D eigenvalue weighted by Gasteiger charge is 2.23. The molecule has 0 aliphatic carbocycles. The number of hydrogen-bond donors (Lipinski definition) is 1. The second-order valence-electron chi connectivity index (χ2n) is 2.54. The maximum atomic E-state index is 11.5. The Morgan fingerprint density at radius 3 is 1.92 bits per heavy atom. The molecule has 0 heterocycles. The first kappa shape index (κ1) is 14.1. The van der Waals surface area contributed by atoms with Crippen molar-refractivity contribution in [1.82, 2.24) is 0 Å². The third-order valence-electron chi connectivity index (χ3n) is 1.10. The molecule has 5 heteroatoms. The lowest BCUT2D eigenvalue weighted by atomic mass is 10.1. The molecule has 0 aliphatic rings. The Balaban J connectivity index is 0. The molecule has 1 nitrogen and oxygen atoms in total. The van der Waals surface area contributed by atoms with Crippen molar-refractivity contribution in [2.24, 2.45) is 11.7 Å². The summed E-state index contributed by atoms with van der Waals surface area (Å²) < 4.78 is 34.4. The van der Waals surface area contributed by atoms with E-state index in [2.05, 4.69) is 0 Å². The van der Waals surface area contributed by atoms with Gasteiger partial charge in [-0.1, -0.05) is 19.8 Å². The average molecular weight is 202 g/mol. The zero-order valence-electron chi connectivity index (χ0n) is 6.77. The van der Waals surface area contributed by atoms with Crippen LogP contribution in [0, 0.1) is 17.8 Å². The minimum absolute atomic E-state index is 0. The molecule has 0 unspecified atom stereocenters. The van der Waals surface area contributed by atoms with Crippen LogP contribution in [0.5, 0.6) is 0 Å². The first-order valence-electron chi connectivity index (χ1n) is 3.18. The smallest absolute Gasteiger partial charge is 0.317 e. The lowest BCUT2D eigenvalue weighted by Crippen LogP contribution is -2.24. The van der Waals surface area contributed by atoms with Crippen LogP contribution in [0.15, 0.2) is 0 Å². The molecule has 0 radical (unpaired) electrons. The molecule has 0 fully saturated rings. The van der Waals surface area contributed by atoms with Gasteiger partial charge in [-0.3, -0.25) is 0 Å². The summed E-state index contributed by atoms with van der Waals surface area (Å²) in [6.45, 7) is 3.44. The summed E-state index contributed by atoms with van der Waals surface area (Å²) in [6, 6.07) is -0.698. The van der Waals surface area contributed by atoms with Crippen LogP contribution in [-0.2, 0) is 0 Å². The van der Waals surface area contributed by atoms with Crippen molar-refractivity contribution in [3.63, 3.8) is 0 Å². The second-order valence-corrected chi connectivity index (χ2v) is 2.54. The predicted molar refractivity (Wildman–Crippen MR) is 43.9 cm³/mol. The zero-order valence-corrected chi connectivity index (χ0v) is 7.59. The van der Waals surface area contributed by atoms with Crippen LogP contribution in [0.25, 0.3) is 0 Å². The van der Waals surface area contributed by atoms with Gasteiger partial charge in [0.15, 0.2) is 0 Å². The van der Waals surface area contributed by atoms with Crippen molar-refractivity contribution >= 4 is 12.4 Å². The Hall–Kier alpha value is -0.400. The van der Waals surface area contributed by atoms with Crippen molar-refractivity contribution in [2.45, 2.75) is 26.1 Å². The monoisotopic (exact) mass is 201 g/mol. The summed E-state index contributed by atoms with van der Waals surface area (Å²) in [4.78, 5) is 0. The zero-order chi connectivity index (χ0) is 9.07. The van der Waals surface area contributed by atoms with Gasteiger partial charge in [-0.15, -0.1) is 12.4 Å². The van der Waals surface area contributed by atoms with Crippen LogP contribution >= 0.6 is 12.4 Å². The van der Waals surface area contributed by atoms with Gasteiger partial charge in [-0.05, 0) is 5.92 Å². The minimum atomic E-state index is -4.42. The van der Waals surface area contributed by atoms with Crippen LogP contribution in [0.2, 0.25) is 0 Å². The summed E-state index contributed by atoms with van der Waals surface area (Å²) >= 11 is 0. The van der Waals surface area contributed by atoms with E-state index in [1.807, 2.05) is 5.92 Å². The molecule has 0 aromatic heterocycles. The summed E-state index contributed by atoms with van der Waals surface area (Å²) in [5, 5.41) is 0. The van der Waals surface area contributed by atoms with Gasteiger partial charge < -0.3 is 5.73 Å². The van der Waals surface area contributed by atoms with Gasteiger partial charge in [0.2, 0.25) is 0 Å². The van der Waals surface area contributed by atoms with Gasteiger partial charge >= 0.3 is 6.18 Å². The topological polar surface area (TPSA) is 26.0 Å². The molecular formula is C7H11ClF3N. The van der Waals surface area contributed by atoms with Crippen molar-refractivity contribution in [3.8, 4) is 11.8 Å². The lowest BCUT2D eigenvalue weighted by molar-refractivity contribution is -0.0698. The molecular weight excluding hydrogens is 191 g/mol.